The van der Waals surface area contributed by atoms with Gasteiger partial charge >= 0.3 is 5.97 Å². The summed E-state index contributed by atoms with van der Waals surface area (Å²) in [6.07, 6.45) is 0.218. The maximum Gasteiger partial charge on any atom is 0.310 e. The van der Waals surface area contributed by atoms with Crippen LogP contribution in [0.5, 0.6) is 0 Å². The van der Waals surface area contributed by atoms with Gasteiger partial charge in [0.15, 0.2) is 16.4 Å². The molecule has 1 saturated heterocycles. The smallest absolute Gasteiger partial charge is 0.310 e. The van der Waals surface area contributed by atoms with Crippen molar-refractivity contribution in [2.24, 2.45) is 5.92 Å². The third-order valence-electron chi connectivity index (χ3n) is 3.50. The minimum absolute atomic E-state index is 0.0364. The Hall–Kier alpha value is -2.40. The number of nitriles is 1. The second-order valence-corrected chi connectivity index (χ2v) is 7.41. The molecule has 0 aliphatic carbocycles. The van der Waals surface area contributed by atoms with Crippen LogP contribution in [0.4, 0.5) is 5.69 Å². The van der Waals surface area contributed by atoms with Gasteiger partial charge in [0.05, 0.1) is 23.5 Å². The number of rotatable bonds is 5. The molecule has 122 valence electrons. The Balaban J connectivity index is 1.95. The van der Waals surface area contributed by atoms with E-state index in [0.29, 0.717) is 5.69 Å². The van der Waals surface area contributed by atoms with Crippen molar-refractivity contribution >= 4 is 27.4 Å². The highest BCUT2D eigenvalue weighted by Gasteiger charge is 2.34. The predicted octanol–water partition coefficient (Wildman–Crippen LogP) is 0.521. The van der Waals surface area contributed by atoms with Crippen molar-refractivity contribution in [3.63, 3.8) is 0 Å². The van der Waals surface area contributed by atoms with E-state index in [4.69, 9.17) is 10.00 Å². The number of carbonyl (C=O) groups is 2. The zero-order valence-corrected chi connectivity index (χ0v) is 13.2. The van der Waals surface area contributed by atoms with Crippen molar-refractivity contribution in [3.05, 3.63) is 30.3 Å². The number of amides is 1. The molecule has 0 aromatic heterocycles. The average molecular weight is 336 g/mol. The van der Waals surface area contributed by atoms with Crippen molar-refractivity contribution in [3.8, 4) is 6.07 Å². The van der Waals surface area contributed by atoms with Crippen molar-refractivity contribution in [2.75, 3.05) is 29.6 Å². The lowest BCUT2D eigenvalue weighted by Crippen LogP contribution is -2.35. The van der Waals surface area contributed by atoms with Crippen LogP contribution in [0.25, 0.3) is 0 Å². The monoisotopic (exact) mass is 336 g/mol. The van der Waals surface area contributed by atoms with Crippen LogP contribution in [0.2, 0.25) is 0 Å². The third-order valence-corrected chi connectivity index (χ3v) is 5.27. The largest absolute Gasteiger partial charge is 0.455 e. The summed E-state index contributed by atoms with van der Waals surface area (Å²) in [6, 6.07) is 10.4. The third kappa shape index (κ3) is 4.53. The fraction of sp³-hybridized carbons (Fsp3) is 0.400. The van der Waals surface area contributed by atoms with Crippen LogP contribution in [0.1, 0.15) is 6.42 Å². The first kappa shape index (κ1) is 17.0. The molecule has 1 fully saturated rings. The average Bonchev–Trinajstić information content (AvgIpc) is 2.91. The van der Waals surface area contributed by atoms with Crippen LogP contribution < -0.4 is 4.90 Å². The van der Waals surface area contributed by atoms with E-state index in [1.54, 1.807) is 30.3 Å². The molecule has 0 saturated carbocycles. The van der Waals surface area contributed by atoms with Gasteiger partial charge in [-0.1, -0.05) is 18.2 Å². The molecule has 7 nitrogen and oxygen atoms in total. The quantitative estimate of drug-likeness (QED) is 0.573. The Labute approximate surface area is 134 Å². The van der Waals surface area contributed by atoms with Gasteiger partial charge in [0.25, 0.3) is 5.91 Å². The van der Waals surface area contributed by atoms with E-state index >= 15 is 0 Å². The second-order valence-electron chi connectivity index (χ2n) is 5.18. The number of para-hydroxylation sites is 1. The summed E-state index contributed by atoms with van der Waals surface area (Å²) in [5, 5.41) is 8.84. The van der Waals surface area contributed by atoms with Crippen LogP contribution in [-0.4, -0.2) is 45.0 Å². The fourth-order valence-electron chi connectivity index (χ4n) is 2.31. The molecule has 0 N–H and O–H groups in total. The summed E-state index contributed by atoms with van der Waals surface area (Å²) >= 11 is 0. The van der Waals surface area contributed by atoms with Gasteiger partial charge in [-0.2, -0.15) is 5.26 Å². The van der Waals surface area contributed by atoms with Crippen molar-refractivity contribution in [1.29, 1.82) is 5.26 Å². The molecule has 1 aromatic carbocycles. The Morgan fingerprint density at radius 2 is 2.00 bits per heavy atom. The summed E-state index contributed by atoms with van der Waals surface area (Å²) in [5.74, 6) is -2.21. The van der Waals surface area contributed by atoms with E-state index < -0.39 is 34.2 Å². The maximum atomic E-state index is 12.2. The minimum atomic E-state index is -3.19. The molecular formula is C15H16N2O5S. The molecule has 1 heterocycles. The summed E-state index contributed by atoms with van der Waals surface area (Å²) < 4.78 is 27.6. The van der Waals surface area contributed by atoms with E-state index in [2.05, 4.69) is 0 Å². The van der Waals surface area contributed by atoms with Gasteiger partial charge in [0.2, 0.25) is 0 Å². The van der Waals surface area contributed by atoms with E-state index in [0.717, 1.165) is 0 Å². The molecule has 2 rings (SSSR count). The van der Waals surface area contributed by atoms with Crippen molar-refractivity contribution in [1.82, 2.24) is 0 Å². The molecule has 0 spiro atoms. The molecule has 1 aromatic rings. The lowest BCUT2D eigenvalue weighted by Gasteiger charge is -2.19. The van der Waals surface area contributed by atoms with Gasteiger partial charge in [-0.25, -0.2) is 8.42 Å². The predicted molar refractivity (Wildman–Crippen MR) is 82.1 cm³/mol. The van der Waals surface area contributed by atoms with Gasteiger partial charge in [-0.05, 0) is 18.6 Å². The molecular weight excluding hydrogens is 320 g/mol. The Bertz CT molecular complexity index is 724. The van der Waals surface area contributed by atoms with Crippen molar-refractivity contribution in [2.45, 2.75) is 6.42 Å². The number of anilines is 1. The van der Waals surface area contributed by atoms with Crippen LogP contribution in [-0.2, 0) is 24.2 Å². The first-order valence-corrected chi connectivity index (χ1v) is 8.84. The van der Waals surface area contributed by atoms with E-state index in [1.165, 1.54) is 4.90 Å². The van der Waals surface area contributed by atoms with E-state index in [9.17, 15) is 18.0 Å². The number of hydrogen-bond acceptors (Lipinski definition) is 6. The normalized spacial score (nSPS) is 18.8. The zero-order valence-electron chi connectivity index (χ0n) is 12.3. The highest BCUT2D eigenvalue weighted by atomic mass is 32.2. The summed E-state index contributed by atoms with van der Waals surface area (Å²) in [5.41, 5.74) is 0.526. The number of hydrogen-bond donors (Lipinski definition) is 0. The molecule has 1 unspecified atom stereocenters. The Kier molecular flexibility index (Phi) is 5.34. The van der Waals surface area contributed by atoms with Crippen LogP contribution in [0.3, 0.4) is 0 Å². The number of carbonyl (C=O) groups excluding carboxylic acids is 2. The number of benzene rings is 1. The van der Waals surface area contributed by atoms with Gasteiger partial charge in [0.1, 0.15) is 6.54 Å². The Morgan fingerprint density at radius 3 is 2.57 bits per heavy atom. The topological polar surface area (TPSA) is 105 Å². The lowest BCUT2D eigenvalue weighted by molar-refractivity contribution is -0.151. The van der Waals surface area contributed by atoms with Gasteiger partial charge in [0, 0.05) is 5.69 Å². The molecule has 23 heavy (non-hydrogen) atoms. The van der Waals surface area contributed by atoms with Crippen LogP contribution >= 0.6 is 0 Å². The standard InChI is InChI=1S/C15H16N2O5S/c16-7-8-17(13-4-2-1-3-5-13)14(18)10-22-15(19)12-6-9-23(20,21)11-12/h1-5,12H,6,8-11H2. The first-order chi connectivity index (χ1) is 10.9. The summed E-state index contributed by atoms with van der Waals surface area (Å²) in [4.78, 5) is 25.2. The van der Waals surface area contributed by atoms with E-state index in [-0.39, 0.29) is 24.5 Å². The molecule has 1 atom stereocenters. The molecule has 1 aliphatic heterocycles. The number of sulfone groups is 1. The molecule has 8 heteroatoms. The molecule has 1 amide bonds. The zero-order chi connectivity index (χ0) is 16.9. The highest BCUT2D eigenvalue weighted by Crippen LogP contribution is 2.20. The van der Waals surface area contributed by atoms with Gasteiger partial charge < -0.3 is 4.74 Å². The van der Waals surface area contributed by atoms with Crippen LogP contribution in [0, 0.1) is 17.2 Å². The van der Waals surface area contributed by atoms with Crippen LogP contribution in [0.15, 0.2) is 30.3 Å². The van der Waals surface area contributed by atoms with Crippen molar-refractivity contribution < 1.29 is 22.7 Å². The van der Waals surface area contributed by atoms with E-state index in [1.807, 2.05) is 6.07 Å². The first-order valence-electron chi connectivity index (χ1n) is 7.02. The van der Waals surface area contributed by atoms with Gasteiger partial charge in [-0.15, -0.1) is 0 Å². The number of nitrogens with zero attached hydrogens (tertiary/aromatic N) is 2. The summed E-state index contributed by atoms with van der Waals surface area (Å²) in [6.45, 7) is -0.690. The number of esters is 1. The molecule has 0 radical (unpaired) electrons. The lowest BCUT2D eigenvalue weighted by atomic mass is 10.1. The number of ether oxygens (including phenoxy) is 1. The fourth-order valence-corrected chi connectivity index (χ4v) is 4.04. The maximum absolute atomic E-state index is 12.2. The minimum Gasteiger partial charge on any atom is -0.455 e. The molecule has 1 aliphatic rings. The highest BCUT2D eigenvalue weighted by molar-refractivity contribution is 7.91. The SMILES string of the molecule is N#CCN(C(=O)COC(=O)C1CCS(=O)(=O)C1)c1ccccc1. The Morgan fingerprint density at radius 1 is 1.30 bits per heavy atom. The second kappa shape index (κ2) is 7.24. The summed E-state index contributed by atoms with van der Waals surface area (Å²) in [7, 11) is -3.19. The molecule has 0 bridgehead atoms. The van der Waals surface area contributed by atoms with Gasteiger partial charge in [-0.3, -0.25) is 14.5 Å².